The first kappa shape index (κ1) is 33.8. The SMILES string of the molecule is C[C@@H]1Cc2cc(OCc3ccccc3)ccc2C(c2c(F)cc(N3CCCCN(CC(=O)O)CCCC3)cc2F)N1CC(C)(C)F. The highest BCUT2D eigenvalue weighted by molar-refractivity contribution is 5.69. The van der Waals surface area contributed by atoms with Gasteiger partial charge in [0.15, 0.2) is 0 Å². The number of carboxylic acids is 1. The number of carboxylic acid groups (broad SMARTS) is 1. The number of hydrogen-bond donors (Lipinski definition) is 1. The molecule has 0 radical (unpaired) electrons. The summed E-state index contributed by atoms with van der Waals surface area (Å²) < 4.78 is 53.8. The fourth-order valence-electron chi connectivity index (χ4n) is 6.85. The molecule has 3 aromatic carbocycles. The molecule has 1 fully saturated rings. The average Bonchev–Trinajstić information content (AvgIpc) is 2.99. The van der Waals surface area contributed by atoms with Crippen molar-refractivity contribution in [1.82, 2.24) is 9.80 Å². The Hall–Kier alpha value is -3.56. The summed E-state index contributed by atoms with van der Waals surface area (Å²) in [6.45, 7) is 8.04. The summed E-state index contributed by atoms with van der Waals surface area (Å²) in [6.07, 6.45) is 3.76. The zero-order chi connectivity index (χ0) is 32.8. The van der Waals surface area contributed by atoms with Crippen molar-refractivity contribution < 1.29 is 27.8 Å². The smallest absolute Gasteiger partial charge is 0.317 e. The van der Waals surface area contributed by atoms with E-state index in [1.807, 2.05) is 70.2 Å². The van der Waals surface area contributed by atoms with Gasteiger partial charge in [-0.3, -0.25) is 14.6 Å². The molecule has 1 unspecified atom stereocenters. The van der Waals surface area contributed by atoms with Crippen LogP contribution in [0.5, 0.6) is 5.75 Å². The molecule has 0 aromatic heterocycles. The van der Waals surface area contributed by atoms with Crippen molar-refractivity contribution >= 4 is 11.7 Å². The Bertz CT molecular complexity index is 1440. The Morgan fingerprint density at radius 3 is 2.17 bits per heavy atom. The topological polar surface area (TPSA) is 56.3 Å². The van der Waals surface area contributed by atoms with E-state index in [-0.39, 0.29) is 24.7 Å². The van der Waals surface area contributed by atoms with Crippen molar-refractivity contribution in [3.8, 4) is 5.75 Å². The van der Waals surface area contributed by atoms with E-state index in [1.54, 1.807) is 0 Å². The van der Waals surface area contributed by atoms with Crippen molar-refractivity contribution in [2.45, 2.75) is 77.2 Å². The zero-order valence-electron chi connectivity index (χ0n) is 27.2. The third-order valence-corrected chi connectivity index (χ3v) is 9.00. The van der Waals surface area contributed by atoms with Gasteiger partial charge in [-0.2, -0.15) is 0 Å². The first-order chi connectivity index (χ1) is 22.0. The predicted octanol–water partition coefficient (Wildman–Crippen LogP) is 7.39. The molecule has 2 atom stereocenters. The zero-order valence-corrected chi connectivity index (χ0v) is 27.2. The first-order valence-corrected chi connectivity index (χ1v) is 16.4. The molecule has 46 heavy (non-hydrogen) atoms. The maximum absolute atomic E-state index is 16.3. The van der Waals surface area contributed by atoms with Crippen molar-refractivity contribution in [1.29, 1.82) is 0 Å². The Morgan fingerprint density at radius 2 is 1.57 bits per heavy atom. The van der Waals surface area contributed by atoms with E-state index in [1.165, 1.54) is 26.0 Å². The molecule has 0 amide bonds. The van der Waals surface area contributed by atoms with Gasteiger partial charge in [-0.15, -0.1) is 0 Å². The van der Waals surface area contributed by atoms with E-state index in [0.717, 1.165) is 42.4 Å². The molecule has 0 saturated carbocycles. The lowest BCUT2D eigenvalue weighted by atomic mass is 9.83. The molecule has 2 aliphatic heterocycles. The van der Waals surface area contributed by atoms with Crippen LogP contribution in [0.3, 0.4) is 0 Å². The summed E-state index contributed by atoms with van der Waals surface area (Å²) >= 11 is 0. The number of nitrogens with zero attached hydrogens (tertiary/aromatic N) is 3. The van der Waals surface area contributed by atoms with Crippen molar-refractivity contribution in [3.05, 3.63) is 94.6 Å². The third-order valence-electron chi connectivity index (χ3n) is 9.00. The van der Waals surface area contributed by atoms with E-state index in [4.69, 9.17) is 4.74 Å². The Kier molecular flexibility index (Phi) is 10.9. The summed E-state index contributed by atoms with van der Waals surface area (Å²) in [5, 5.41) is 9.18. The number of aliphatic carboxylic acids is 1. The predicted molar refractivity (Wildman–Crippen MR) is 175 cm³/mol. The van der Waals surface area contributed by atoms with Gasteiger partial charge in [0.1, 0.15) is 29.7 Å². The molecule has 0 spiro atoms. The number of alkyl halides is 1. The van der Waals surface area contributed by atoms with Crippen molar-refractivity contribution in [3.63, 3.8) is 0 Å². The van der Waals surface area contributed by atoms with Crippen LogP contribution in [0.15, 0.2) is 60.7 Å². The van der Waals surface area contributed by atoms with Gasteiger partial charge < -0.3 is 14.7 Å². The van der Waals surface area contributed by atoms with Crippen LogP contribution in [0.4, 0.5) is 18.9 Å². The van der Waals surface area contributed by atoms with Gasteiger partial charge in [0.05, 0.1) is 12.6 Å². The molecule has 248 valence electrons. The number of anilines is 1. The lowest BCUT2D eigenvalue weighted by Gasteiger charge is -2.44. The number of rotatable bonds is 9. The molecule has 9 heteroatoms. The molecule has 0 bridgehead atoms. The highest BCUT2D eigenvalue weighted by Crippen LogP contribution is 2.43. The minimum Gasteiger partial charge on any atom is -0.489 e. The molecule has 2 heterocycles. The van der Waals surface area contributed by atoms with Gasteiger partial charge in [0, 0.05) is 36.9 Å². The number of ether oxygens (including phenoxy) is 1. The van der Waals surface area contributed by atoms with E-state index >= 15 is 13.2 Å². The van der Waals surface area contributed by atoms with Gasteiger partial charge in [-0.25, -0.2) is 13.2 Å². The largest absolute Gasteiger partial charge is 0.489 e. The van der Waals surface area contributed by atoms with Gasteiger partial charge in [0.2, 0.25) is 0 Å². The molecule has 1 saturated heterocycles. The summed E-state index contributed by atoms with van der Waals surface area (Å²) in [5.74, 6) is -1.43. The van der Waals surface area contributed by atoms with Crippen LogP contribution in [0.2, 0.25) is 0 Å². The highest BCUT2D eigenvalue weighted by Gasteiger charge is 2.39. The maximum Gasteiger partial charge on any atom is 0.317 e. The molecule has 2 aliphatic rings. The lowest BCUT2D eigenvalue weighted by Crippen LogP contribution is -2.48. The van der Waals surface area contributed by atoms with E-state index < -0.39 is 29.3 Å². The van der Waals surface area contributed by atoms with Gasteiger partial charge >= 0.3 is 5.97 Å². The van der Waals surface area contributed by atoms with E-state index in [0.29, 0.717) is 50.6 Å². The second-order valence-electron chi connectivity index (χ2n) is 13.4. The maximum atomic E-state index is 16.3. The van der Waals surface area contributed by atoms with Crippen molar-refractivity contribution in [2.75, 3.05) is 44.2 Å². The molecule has 3 aromatic rings. The number of benzene rings is 3. The summed E-state index contributed by atoms with van der Waals surface area (Å²) in [6, 6.07) is 17.4. The number of fused-ring (bicyclic) bond motifs is 1. The summed E-state index contributed by atoms with van der Waals surface area (Å²) in [7, 11) is 0. The Labute approximate surface area is 270 Å². The van der Waals surface area contributed by atoms with E-state index in [9.17, 15) is 9.90 Å². The molecule has 5 rings (SSSR count). The second-order valence-corrected chi connectivity index (χ2v) is 13.4. The molecular weight excluding hydrogens is 591 g/mol. The van der Waals surface area contributed by atoms with Gasteiger partial charge in [-0.1, -0.05) is 36.4 Å². The van der Waals surface area contributed by atoms with E-state index in [2.05, 4.69) is 0 Å². The number of halogens is 3. The van der Waals surface area contributed by atoms with Crippen LogP contribution in [0, 0.1) is 11.6 Å². The van der Waals surface area contributed by atoms with Gasteiger partial charge in [-0.05, 0) is 107 Å². The first-order valence-electron chi connectivity index (χ1n) is 16.4. The normalized spacial score (nSPS) is 20.3. The Morgan fingerprint density at radius 1 is 0.935 bits per heavy atom. The Balaban J connectivity index is 1.42. The summed E-state index contributed by atoms with van der Waals surface area (Å²) in [4.78, 5) is 17.1. The van der Waals surface area contributed by atoms with Crippen LogP contribution in [0.1, 0.15) is 74.8 Å². The minimum atomic E-state index is -1.57. The lowest BCUT2D eigenvalue weighted by molar-refractivity contribution is -0.138. The quantitative estimate of drug-likeness (QED) is 0.264. The average molecular weight is 638 g/mol. The summed E-state index contributed by atoms with van der Waals surface area (Å²) in [5.41, 5.74) is 1.59. The second kappa shape index (κ2) is 14.9. The fourth-order valence-corrected chi connectivity index (χ4v) is 6.85. The third kappa shape index (κ3) is 8.62. The molecular formula is C37H46F3N3O3. The fraction of sp³-hybridized carbons (Fsp3) is 0.486. The molecule has 1 N–H and O–H groups in total. The van der Waals surface area contributed by atoms with Gasteiger partial charge in [0.25, 0.3) is 0 Å². The van der Waals surface area contributed by atoms with Crippen LogP contribution < -0.4 is 9.64 Å². The molecule has 0 aliphatic carbocycles. The monoisotopic (exact) mass is 637 g/mol. The van der Waals surface area contributed by atoms with Crippen LogP contribution >= 0.6 is 0 Å². The van der Waals surface area contributed by atoms with Crippen molar-refractivity contribution in [2.24, 2.45) is 0 Å². The number of hydrogen-bond acceptors (Lipinski definition) is 5. The minimum absolute atomic E-state index is 0.0240. The molecule has 6 nitrogen and oxygen atoms in total. The van der Waals surface area contributed by atoms with Crippen LogP contribution in [-0.2, 0) is 17.8 Å². The van der Waals surface area contributed by atoms with Crippen LogP contribution in [-0.4, -0.2) is 71.9 Å². The van der Waals surface area contributed by atoms with Crippen LogP contribution in [0.25, 0.3) is 0 Å². The highest BCUT2D eigenvalue weighted by atomic mass is 19.1. The number of carbonyl (C=O) groups is 1. The standard InChI is InChI=1S/C37H46F3N3O3/c1-26-19-28-20-30(46-24-27-11-5-4-6-12-27)13-14-31(28)36(43(26)25-37(2,3)40)35-32(38)21-29(22-33(35)39)42-17-9-7-15-41(23-34(44)45)16-8-10-18-42/h4-6,11-14,20-22,26,36H,7-10,15-19,23-25H2,1-3H3,(H,44,45)/t26-,36?/m1/s1.